The molecule has 41 heavy (non-hydrogen) atoms. The molecule has 0 aromatic rings. The molecule has 0 saturated heterocycles. The van der Waals surface area contributed by atoms with Crippen molar-refractivity contribution in [2.24, 2.45) is 15.9 Å². The molecule has 0 aliphatic rings. The molecule has 0 amide bonds. The molecule has 0 saturated carbocycles. The maximum absolute atomic E-state index is 7.26. The third-order valence-electron chi connectivity index (χ3n) is 5.53. The number of nitrogens with one attached hydrogen (secondary N) is 2. The van der Waals surface area contributed by atoms with Crippen molar-refractivity contribution in [3.05, 3.63) is 11.9 Å². The zero-order chi connectivity index (χ0) is 30.5. The molecule has 0 bridgehead atoms. The molecule has 0 atom stereocenters. The second kappa shape index (κ2) is 27.6. The molecular formula is C30H61N3O8. The van der Waals surface area contributed by atoms with Crippen LogP contribution in [-0.4, -0.2) is 112 Å². The van der Waals surface area contributed by atoms with Gasteiger partial charge in [0.15, 0.2) is 0 Å². The molecule has 0 rings (SSSR count). The minimum atomic E-state index is 0.233. The van der Waals surface area contributed by atoms with Crippen molar-refractivity contribution in [1.29, 1.82) is 5.53 Å². The van der Waals surface area contributed by atoms with Gasteiger partial charge in [-0.1, -0.05) is 41.5 Å². The van der Waals surface area contributed by atoms with Gasteiger partial charge in [-0.25, -0.2) is 5.53 Å². The summed E-state index contributed by atoms with van der Waals surface area (Å²) >= 11 is 0. The molecule has 0 radical (unpaired) electrons. The Hall–Kier alpha value is -1.18. The Kier molecular flexibility index (Phi) is 26.8. The van der Waals surface area contributed by atoms with E-state index in [1.807, 2.05) is 0 Å². The Balaban J connectivity index is 3.22. The maximum Gasteiger partial charge on any atom is 0.0779 e. The molecule has 0 aromatic carbocycles. The molecule has 11 nitrogen and oxygen atoms in total. The Morgan fingerprint density at radius 3 is 1.15 bits per heavy atom. The number of hydrogen-bond donors (Lipinski definition) is 2. The molecule has 0 aliphatic carbocycles. The third-order valence-corrected chi connectivity index (χ3v) is 5.53. The highest BCUT2D eigenvalue weighted by molar-refractivity contribution is 4.97. The fourth-order valence-electron chi connectivity index (χ4n) is 3.00. The van der Waals surface area contributed by atoms with E-state index >= 15 is 0 Å². The summed E-state index contributed by atoms with van der Waals surface area (Å²) in [7, 11) is 0. The number of ether oxygens (including phenoxy) is 8. The van der Waals surface area contributed by atoms with Gasteiger partial charge in [0.25, 0.3) is 0 Å². The number of hydrogen-bond acceptors (Lipinski definition) is 11. The number of rotatable bonds is 30. The predicted molar refractivity (Wildman–Crippen MR) is 161 cm³/mol. The lowest BCUT2D eigenvalue weighted by molar-refractivity contribution is -0.0234. The molecule has 0 heterocycles. The van der Waals surface area contributed by atoms with Crippen molar-refractivity contribution < 1.29 is 37.9 Å². The highest BCUT2D eigenvalue weighted by Crippen LogP contribution is 2.23. The lowest BCUT2D eigenvalue weighted by Crippen LogP contribution is -2.17. The molecule has 2 N–H and O–H groups in total. The monoisotopic (exact) mass is 591 g/mol. The third kappa shape index (κ3) is 34.9. The van der Waals surface area contributed by atoms with Crippen LogP contribution in [0.5, 0.6) is 0 Å². The molecule has 0 fully saturated rings. The topological polar surface area (TPSA) is 122 Å². The van der Waals surface area contributed by atoms with E-state index < -0.39 is 0 Å². The summed E-state index contributed by atoms with van der Waals surface area (Å²) in [6, 6.07) is 0. The second-order valence-corrected chi connectivity index (χ2v) is 12.0. The largest absolute Gasteiger partial charge is 0.387 e. The van der Waals surface area contributed by atoms with Crippen LogP contribution in [0.2, 0.25) is 0 Å². The lowest BCUT2D eigenvalue weighted by atomic mass is 9.90. The Morgan fingerprint density at radius 2 is 0.829 bits per heavy atom. The highest BCUT2D eigenvalue weighted by atomic mass is 16.6. The highest BCUT2D eigenvalue weighted by Gasteiger charge is 2.11. The van der Waals surface area contributed by atoms with Crippen molar-refractivity contribution in [3.63, 3.8) is 0 Å². The number of nitrogens with zero attached hydrogens (tertiary/aromatic N) is 1. The van der Waals surface area contributed by atoms with Gasteiger partial charge in [-0.2, -0.15) is 5.11 Å². The Labute approximate surface area is 249 Å². The first kappa shape index (κ1) is 39.8. The smallest absolute Gasteiger partial charge is 0.0779 e. The van der Waals surface area contributed by atoms with Crippen LogP contribution in [0.1, 0.15) is 60.8 Å². The Bertz CT molecular complexity index is 610. The van der Waals surface area contributed by atoms with Crippen LogP contribution in [0.15, 0.2) is 17.0 Å². The average Bonchev–Trinajstić information content (AvgIpc) is 2.90. The van der Waals surface area contributed by atoms with Gasteiger partial charge in [0.2, 0.25) is 0 Å². The van der Waals surface area contributed by atoms with Crippen LogP contribution < -0.4 is 5.32 Å². The summed E-state index contributed by atoms with van der Waals surface area (Å²) < 4.78 is 44.0. The minimum absolute atomic E-state index is 0.233. The van der Waals surface area contributed by atoms with Crippen molar-refractivity contribution >= 4 is 0 Å². The average molecular weight is 592 g/mol. The zero-order valence-corrected chi connectivity index (χ0v) is 26.9. The normalized spacial score (nSPS) is 12.7. The van der Waals surface area contributed by atoms with E-state index in [1.54, 1.807) is 6.20 Å². The van der Waals surface area contributed by atoms with E-state index in [0.717, 1.165) is 31.6 Å². The van der Waals surface area contributed by atoms with E-state index in [9.17, 15) is 0 Å². The fourth-order valence-corrected chi connectivity index (χ4v) is 3.00. The van der Waals surface area contributed by atoms with Crippen molar-refractivity contribution in [2.75, 3.05) is 112 Å². The van der Waals surface area contributed by atoms with Crippen LogP contribution >= 0.6 is 0 Å². The van der Waals surface area contributed by atoms with E-state index in [-0.39, 0.29) is 5.41 Å². The predicted octanol–water partition coefficient (Wildman–Crippen LogP) is 4.84. The molecule has 0 unspecified atom stereocenters. The first-order valence-corrected chi connectivity index (χ1v) is 15.1. The molecular weight excluding hydrogens is 530 g/mol. The first-order valence-electron chi connectivity index (χ1n) is 15.1. The van der Waals surface area contributed by atoms with Crippen molar-refractivity contribution in [1.82, 2.24) is 5.32 Å². The standard InChI is InChI=1S/C30H61N3O8/c1-29(2,3)8-7-28(33-31)27-32-10-12-35-14-16-37-18-20-39-22-24-41-26-25-40-23-21-38-19-17-36-15-13-34-11-9-30(4,5)6/h27,31-32H,7-26H2,1-6H3/b28-27-,33-31?. The van der Waals surface area contributed by atoms with E-state index in [1.165, 1.54) is 0 Å². The van der Waals surface area contributed by atoms with Gasteiger partial charge >= 0.3 is 0 Å². The van der Waals surface area contributed by atoms with Gasteiger partial charge in [-0.15, -0.1) is 0 Å². The summed E-state index contributed by atoms with van der Waals surface area (Å²) in [4.78, 5) is 0. The van der Waals surface area contributed by atoms with Gasteiger partial charge in [-0.05, 0) is 30.1 Å². The van der Waals surface area contributed by atoms with Crippen molar-refractivity contribution in [3.8, 4) is 0 Å². The second-order valence-electron chi connectivity index (χ2n) is 12.0. The minimum Gasteiger partial charge on any atom is -0.387 e. The summed E-state index contributed by atoms with van der Waals surface area (Å²) in [5.74, 6) is 0. The van der Waals surface area contributed by atoms with Crippen molar-refractivity contribution in [2.45, 2.75) is 60.8 Å². The molecule has 0 spiro atoms. The molecule has 244 valence electrons. The molecule has 0 aliphatic heterocycles. The summed E-state index contributed by atoms with van der Waals surface area (Å²) in [5.41, 5.74) is 8.55. The van der Waals surface area contributed by atoms with Crippen LogP contribution in [0.4, 0.5) is 0 Å². The SMILES string of the molecule is CC(C)(C)CCOCCOCCOCCOCCOCCOCCOCCOCCN/C=C(/CCC(C)(C)C)N=N. The van der Waals surface area contributed by atoms with E-state index in [2.05, 4.69) is 52.0 Å². The van der Waals surface area contributed by atoms with Crippen LogP contribution in [-0.2, 0) is 37.9 Å². The summed E-state index contributed by atoms with van der Waals surface area (Å²) in [6.45, 7) is 22.8. The first-order chi connectivity index (χ1) is 19.6. The van der Waals surface area contributed by atoms with E-state index in [0.29, 0.717) is 111 Å². The van der Waals surface area contributed by atoms with Crippen LogP contribution in [0.3, 0.4) is 0 Å². The van der Waals surface area contributed by atoms with E-state index in [4.69, 9.17) is 43.4 Å². The van der Waals surface area contributed by atoms with Gasteiger partial charge < -0.3 is 43.2 Å². The van der Waals surface area contributed by atoms with Gasteiger partial charge in [0, 0.05) is 19.4 Å². The lowest BCUT2D eigenvalue weighted by Gasteiger charge is -2.17. The summed E-state index contributed by atoms with van der Waals surface area (Å²) in [6.07, 6.45) is 4.63. The Morgan fingerprint density at radius 1 is 0.512 bits per heavy atom. The van der Waals surface area contributed by atoms with Crippen LogP contribution in [0, 0.1) is 16.4 Å². The summed E-state index contributed by atoms with van der Waals surface area (Å²) in [5, 5.41) is 6.73. The fraction of sp³-hybridized carbons (Fsp3) is 0.933. The van der Waals surface area contributed by atoms with Gasteiger partial charge in [0.1, 0.15) is 0 Å². The van der Waals surface area contributed by atoms with Gasteiger partial charge in [0.05, 0.1) is 105 Å². The quantitative estimate of drug-likeness (QED) is 0.0892. The zero-order valence-electron chi connectivity index (χ0n) is 26.9. The van der Waals surface area contributed by atoms with Gasteiger partial charge in [-0.3, -0.25) is 0 Å². The number of allylic oxidation sites excluding steroid dienone is 1. The van der Waals surface area contributed by atoms with Crippen LogP contribution in [0.25, 0.3) is 0 Å². The molecule has 0 aromatic heterocycles. The maximum atomic E-state index is 7.26. The molecule has 11 heteroatoms.